The molecular formula is C14H29NO. The first-order valence-corrected chi connectivity index (χ1v) is 7.11. The molecule has 0 radical (unpaired) electrons. The van der Waals surface area contributed by atoms with Gasteiger partial charge in [0.05, 0.1) is 0 Å². The number of hydrogen-bond acceptors (Lipinski definition) is 2. The highest BCUT2D eigenvalue weighted by molar-refractivity contribution is 4.84. The van der Waals surface area contributed by atoms with Crippen molar-refractivity contribution in [1.29, 1.82) is 0 Å². The van der Waals surface area contributed by atoms with Crippen LogP contribution in [0.3, 0.4) is 0 Å². The van der Waals surface area contributed by atoms with E-state index in [1.54, 1.807) is 0 Å². The SMILES string of the molecule is CCCNCC1(CCOCC)CCCCC1. The molecule has 16 heavy (non-hydrogen) atoms. The second-order valence-electron chi connectivity index (χ2n) is 5.18. The molecule has 0 saturated heterocycles. The van der Waals surface area contributed by atoms with E-state index in [1.165, 1.54) is 51.5 Å². The summed E-state index contributed by atoms with van der Waals surface area (Å²) in [5.41, 5.74) is 0.544. The van der Waals surface area contributed by atoms with Gasteiger partial charge in [0, 0.05) is 19.8 Å². The predicted molar refractivity (Wildman–Crippen MR) is 69.8 cm³/mol. The molecule has 0 spiro atoms. The van der Waals surface area contributed by atoms with Gasteiger partial charge >= 0.3 is 0 Å². The summed E-state index contributed by atoms with van der Waals surface area (Å²) in [5, 5.41) is 3.62. The zero-order valence-electron chi connectivity index (χ0n) is 11.2. The van der Waals surface area contributed by atoms with Gasteiger partial charge in [-0.2, -0.15) is 0 Å². The summed E-state index contributed by atoms with van der Waals surface area (Å²) in [4.78, 5) is 0. The molecular weight excluding hydrogens is 198 g/mol. The third-order valence-electron chi connectivity index (χ3n) is 3.82. The van der Waals surface area contributed by atoms with Crippen molar-refractivity contribution < 1.29 is 4.74 Å². The first-order chi connectivity index (χ1) is 7.83. The molecule has 1 fully saturated rings. The molecule has 0 heterocycles. The maximum absolute atomic E-state index is 5.54. The lowest BCUT2D eigenvalue weighted by Crippen LogP contribution is -2.37. The van der Waals surface area contributed by atoms with Gasteiger partial charge in [0.1, 0.15) is 0 Å². The van der Waals surface area contributed by atoms with Gasteiger partial charge in [-0.1, -0.05) is 26.2 Å². The van der Waals surface area contributed by atoms with E-state index >= 15 is 0 Å². The number of hydrogen-bond donors (Lipinski definition) is 1. The topological polar surface area (TPSA) is 21.3 Å². The molecule has 2 heteroatoms. The Balaban J connectivity index is 2.33. The van der Waals surface area contributed by atoms with Gasteiger partial charge < -0.3 is 10.1 Å². The number of nitrogens with one attached hydrogen (secondary N) is 1. The first kappa shape index (κ1) is 14.0. The highest BCUT2D eigenvalue weighted by Crippen LogP contribution is 2.38. The molecule has 96 valence electrons. The van der Waals surface area contributed by atoms with Crippen LogP contribution in [0.2, 0.25) is 0 Å². The summed E-state index contributed by atoms with van der Waals surface area (Å²) in [5.74, 6) is 0. The summed E-state index contributed by atoms with van der Waals surface area (Å²) in [7, 11) is 0. The van der Waals surface area contributed by atoms with E-state index in [2.05, 4.69) is 19.2 Å². The summed E-state index contributed by atoms with van der Waals surface area (Å²) in [6, 6.07) is 0. The van der Waals surface area contributed by atoms with E-state index in [1.807, 2.05) is 0 Å². The molecule has 0 aromatic carbocycles. The third kappa shape index (κ3) is 4.84. The molecule has 0 aliphatic heterocycles. The highest BCUT2D eigenvalue weighted by Gasteiger charge is 2.31. The van der Waals surface area contributed by atoms with Crippen LogP contribution < -0.4 is 5.32 Å². The van der Waals surface area contributed by atoms with E-state index < -0.39 is 0 Å². The van der Waals surface area contributed by atoms with Crippen LogP contribution in [0.15, 0.2) is 0 Å². The first-order valence-electron chi connectivity index (χ1n) is 7.11. The second-order valence-corrected chi connectivity index (χ2v) is 5.18. The van der Waals surface area contributed by atoms with Crippen LogP contribution in [-0.4, -0.2) is 26.3 Å². The van der Waals surface area contributed by atoms with Crippen molar-refractivity contribution in [3.63, 3.8) is 0 Å². The van der Waals surface area contributed by atoms with Crippen molar-refractivity contribution in [2.45, 2.75) is 58.8 Å². The van der Waals surface area contributed by atoms with Gasteiger partial charge in [-0.3, -0.25) is 0 Å². The lowest BCUT2D eigenvalue weighted by Gasteiger charge is -2.37. The Labute approximate surface area is 101 Å². The third-order valence-corrected chi connectivity index (χ3v) is 3.82. The van der Waals surface area contributed by atoms with Gasteiger partial charge in [0.2, 0.25) is 0 Å². The fourth-order valence-corrected chi connectivity index (χ4v) is 2.78. The molecule has 0 amide bonds. The van der Waals surface area contributed by atoms with Gasteiger partial charge in [-0.25, -0.2) is 0 Å². The molecule has 2 nitrogen and oxygen atoms in total. The lowest BCUT2D eigenvalue weighted by atomic mass is 9.72. The Kier molecular flexibility index (Phi) is 7.06. The molecule has 1 N–H and O–H groups in total. The van der Waals surface area contributed by atoms with E-state index in [0.29, 0.717) is 5.41 Å². The Morgan fingerprint density at radius 2 is 1.88 bits per heavy atom. The quantitative estimate of drug-likeness (QED) is 0.642. The lowest BCUT2D eigenvalue weighted by molar-refractivity contribution is 0.0794. The summed E-state index contributed by atoms with van der Waals surface area (Å²) >= 11 is 0. The van der Waals surface area contributed by atoms with Crippen molar-refractivity contribution in [1.82, 2.24) is 5.32 Å². The van der Waals surface area contributed by atoms with Crippen LogP contribution in [0.25, 0.3) is 0 Å². The Morgan fingerprint density at radius 1 is 1.12 bits per heavy atom. The van der Waals surface area contributed by atoms with E-state index in [0.717, 1.165) is 19.8 Å². The zero-order chi connectivity index (χ0) is 11.7. The van der Waals surface area contributed by atoms with Gasteiger partial charge in [0.15, 0.2) is 0 Å². The fraction of sp³-hybridized carbons (Fsp3) is 1.00. The standard InChI is InChI=1S/C14H29NO/c1-3-11-15-13-14(10-12-16-4-2)8-6-5-7-9-14/h15H,3-13H2,1-2H3. The summed E-state index contributed by atoms with van der Waals surface area (Å²) < 4.78 is 5.54. The van der Waals surface area contributed by atoms with E-state index in [-0.39, 0.29) is 0 Å². The van der Waals surface area contributed by atoms with Crippen LogP contribution in [0, 0.1) is 5.41 Å². The van der Waals surface area contributed by atoms with Crippen molar-refractivity contribution in [3.8, 4) is 0 Å². The van der Waals surface area contributed by atoms with Crippen LogP contribution in [0.1, 0.15) is 58.8 Å². The smallest absolute Gasteiger partial charge is 0.0471 e. The van der Waals surface area contributed by atoms with Crippen LogP contribution in [0.5, 0.6) is 0 Å². The predicted octanol–water partition coefficient (Wildman–Crippen LogP) is 3.36. The van der Waals surface area contributed by atoms with Gasteiger partial charge in [0.25, 0.3) is 0 Å². The largest absolute Gasteiger partial charge is 0.382 e. The maximum Gasteiger partial charge on any atom is 0.0471 e. The molecule has 0 atom stereocenters. The Hall–Kier alpha value is -0.0800. The number of rotatable bonds is 8. The Bertz CT molecular complexity index is 152. The second kappa shape index (κ2) is 8.08. The van der Waals surface area contributed by atoms with Gasteiger partial charge in [-0.15, -0.1) is 0 Å². The average Bonchev–Trinajstić information content (AvgIpc) is 2.31. The molecule has 1 saturated carbocycles. The molecule has 0 unspecified atom stereocenters. The average molecular weight is 227 g/mol. The van der Waals surface area contributed by atoms with Crippen LogP contribution in [-0.2, 0) is 4.74 Å². The summed E-state index contributed by atoms with van der Waals surface area (Å²) in [6.07, 6.45) is 9.55. The maximum atomic E-state index is 5.54. The van der Waals surface area contributed by atoms with Gasteiger partial charge in [-0.05, 0) is 44.6 Å². The molecule has 0 aromatic heterocycles. The highest BCUT2D eigenvalue weighted by atomic mass is 16.5. The van der Waals surface area contributed by atoms with E-state index in [4.69, 9.17) is 4.74 Å². The van der Waals surface area contributed by atoms with Crippen LogP contribution in [0.4, 0.5) is 0 Å². The molecule has 0 aromatic rings. The minimum atomic E-state index is 0.544. The monoisotopic (exact) mass is 227 g/mol. The van der Waals surface area contributed by atoms with Crippen molar-refractivity contribution in [2.75, 3.05) is 26.3 Å². The van der Waals surface area contributed by atoms with E-state index in [9.17, 15) is 0 Å². The number of ether oxygens (including phenoxy) is 1. The van der Waals surface area contributed by atoms with Crippen molar-refractivity contribution in [3.05, 3.63) is 0 Å². The molecule has 1 aliphatic carbocycles. The molecule has 1 rings (SSSR count). The Morgan fingerprint density at radius 3 is 2.50 bits per heavy atom. The fourth-order valence-electron chi connectivity index (χ4n) is 2.78. The van der Waals surface area contributed by atoms with Crippen LogP contribution >= 0.6 is 0 Å². The van der Waals surface area contributed by atoms with Crippen molar-refractivity contribution >= 4 is 0 Å². The van der Waals surface area contributed by atoms with Crippen molar-refractivity contribution in [2.24, 2.45) is 5.41 Å². The normalized spacial score (nSPS) is 19.9. The zero-order valence-corrected chi connectivity index (χ0v) is 11.2. The summed E-state index contributed by atoms with van der Waals surface area (Å²) in [6.45, 7) is 8.50. The molecule has 0 bridgehead atoms. The minimum absolute atomic E-state index is 0.544. The molecule has 1 aliphatic rings. The minimum Gasteiger partial charge on any atom is -0.382 e.